The lowest BCUT2D eigenvalue weighted by molar-refractivity contribution is -0.133. The number of amides is 1. The predicted molar refractivity (Wildman–Crippen MR) is 140 cm³/mol. The van der Waals surface area contributed by atoms with Crippen molar-refractivity contribution in [2.45, 2.75) is 25.7 Å². The van der Waals surface area contributed by atoms with Crippen molar-refractivity contribution in [2.24, 2.45) is 0 Å². The van der Waals surface area contributed by atoms with Gasteiger partial charge in [0.2, 0.25) is 5.91 Å². The van der Waals surface area contributed by atoms with Crippen molar-refractivity contribution in [3.8, 4) is 10.4 Å². The summed E-state index contributed by atoms with van der Waals surface area (Å²) >= 11 is 1.61. The fraction of sp³-hybridized carbons (Fsp3) is 0.462. The second-order valence-corrected chi connectivity index (χ2v) is 10.5. The molecule has 8 nitrogen and oxygen atoms in total. The number of likely N-dealkylation sites (N-methyl/N-ethyl adjacent to an activating group) is 1. The van der Waals surface area contributed by atoms with Crippen molar-refractivity contribution in [1.29, 1.82) is 0 Å². The number of carbonyl (C=O) groups excluding carboxylic acids is 1. The molecule has 35 heavy (non-hydrogen) atoms. The molecule has 0 saturated carbocycles. The van der Waals surface area contributed by atoms with E-state index in [0.29, 0.717) is 6.54 Å². The Morgan fingerprint density at radius 3 is 2.54 bits per heavy atom. The molecular formula is C26H33N7OS. The molecule has 5 rings (SSSR count). The number of anilines is 2. The zero-order chi connectivity index (χ0) is 24.2. The van der Waals surface area contributed by atoms with Gasteiger partial charge in [-0.3, -0.25) is 9.69 Å². The van der Waals surface area contributed by atoms with E-state index in [0.717, 1.165) is 85.0 Å². The molecule has 0 spiro atoms. The Kier molecular flexibility index (Phi) is 7.36. The maximum Gasteiger partial charge on any atom is 0.236 e. The lowest BCUT2D eigenvalue weighted by atomic mass is 9.95. The van der Waals surface area contributed by atoms with E-state index in [1.807, 2.05) is 42.3 Å². The van der Waals surface area contributed by atoms with Crippen LogP contribution in [0.3, 0.4) is 0 Å². The van der Waals surface area contributed by atoms with Crippen molar-refractivity contribution < 1.29 is 4.79 Å². The average Bonchev–Trinajstić information content (AvgIpc) is 3.34. The van der Waals surface area contributed by atoms with Crippen LogP contribution in [0.5, 0.6) is 0 Å². The van der Waals surface area contributed by atoms with E-state index < -0.39 is 0 Å². The number of benzene rings is 1. The standard InChI is InChI=1S/C26H33N7OS/c1-19-16-23(30-26-27-17-22(35-26)20-6-4-3-5-7-20)29-25(28-19)21-8-10-33(11-9-21)24(34)18-32-14-12-31(2)13-15-32/h3-7,16-17,21H,8-15,18H2,1-2H3,(H,27,28,29,30). The average molecular weight is 492 g/mol. The highest BCUT2D eigenvalue weighted by molar-refractivity contribution is 7.18. The summed E-state index contributed by atoms with van der Waals surface area (Å²) in [6.45, 7) is 8.08. The Morgan fingerprint density at radius 1 is 1.06 bits per heavy atom. The van der Waals surface area contributed by atoms with Crippen LogP contribution in [-0.4, -0.2) is 88.4 Å². The van der Waals surface area contributed by atoms with Crippen molar-refractivity contribution in [1.82, 2.24) is 29.7 Å². The first-order chi connectivity index (χ1) is 17.0. The number of nitrogens with zero attached hydrogens (tertiary/aromatic N) is 6. The predicted octanol–water partition coefficient (Wildman–Crippen LogP) is 3.61. The molecule has 0 bridgehead atoms. The number of hydrogen-bond acceptors (Lipinski definition) is 8. The number of piperazine rings is 1. The summed E-state index contributed by atoms with van der Waals surface area (Å²) in [7, 11) is 2.14. The number of carbonyl (C=O) groups is 1. The van der Waals surface area contributed by atoms with Gasteiger partial charge < -0.3 is 15.1 Å². The van der Waals surface area contributed by atoms with Crippen LogP contribution in [0.1, 0.15) is 30.3 Å². The first-order valence-electron chi connectivity index (χ1n) is 12.4. The number of rotatable bonds is 6. The minimum absolute atomic E-state index is 0.249. The Morgan fingerprint density at radius 2 is 1.80 bits per heavy atom. The van der Waals surface area contributed by atoms with Crippen LogP contribution in [0.15, 0.2) is 42.6 Å². The molecular weight excluding hydrogens is 458 g/mol. The van der Waals surface area contributed by atoms with E-state index in [-0.39, 0.29) is 11.8 Å². The summed E-state index contributed by atoms with van der Waals surface area (Å²) in [5, 5.41) is 4.19. The van der Waals surface area contributed by atoms with Crippen LogP contribution < -0.4 is 5.32 Å². The molecule has 0 aliphatic carbocycles. The molecule has 9 heteroatoms. The number of aromatic nitrogens is 3. The monoisotopic (exact) mass is 491 g/mol. The largest absolute Gasteiger partial charge is 0.342 e. The highest BCUT2D eigenvalue weighted by atomic mass is 32.1. The SMILES string of the molecule is Cc1cc(Nc2ncc(-c3ccccc3)s2)nc(C2CCN(C(=O)CN3CCN(C)CC3)CC2)n1. The van der Waals surface area contributed by atoms with Crippen molar-refractivity contribution in [3.63, 3.8) is 0 Å². The summed E-state index contributed by atoms with van der Waals surface area (Å²) in [6.07, 6.45) is 3.69. The summed E-state index contributed by atoms with van der Waals surface area (Å²) in [6, 6.07) is 12.2. The number of hydrogen-bond donors (Lipinski definition) is 1. The zero-order valence-corrected chi connectivity index (χ0v) is 21.3. The Bertz CT molecular complexity index is 1140. The third kappa shape index (κ3) is 6.04. The van der Waals surface area contributed by atoms with E-state index in [1.165, 1.54) is 0 Å². The van der Waals surface area contributed by atoms with E-state index in [9.17, 15) is 4.79 Å². The summed E-state index contributed by atoms with van der Waals surface area (Å²) in [4.78, 5) is 34.7. The first kappa shape index (κ1) is 23.8. The van der Waals surface area contributed by atoms with Crippen LogP contribution >= 0.6 is 11.3 Å². The van der Waals surface area contributed by atoms with Gasteiger partial charge in [-0.1, -0.05) is 41.7 Å². The Labute approximate surface area is 211 Å². The Hall–Kier alpha value is -2.88. The lowest BCUT2D eigenvalue weighted by Crippen LogP contribution is -2.50. The molecule has 1 aromatic carbocycles. The molecule has 2 aromatic heterocycles. The van der Waals surface area contributed by atoms with E-state index in [4.69, 9.17) is 9.97 Å². The van der Waals surface area contributed by atoms with Gasteiger partial charge in [-0.05, 0) is 32.4 Å². The molecule has 184 valence electrons. The minimum atomic E-state index is 0.249. The molecule has 0 radical (unpaired) electrons. The van der Waals surface area contributed by atoms with Gasteiger partial charge in [0.15, 0.2) is 5.13 Å². The highest BCUT2D eigenvalue weighted by Crippen LogP contribution is 2.31. The van der Waals surface area contributed by atoms with Gasteiger partial charge in [-0.2, -0.15) is 0 Å². The number of thiazole rings is 1. The number of piperidine rings is 1. The van der Waals surface area contributed by atoms with Gasteiger partial charge in [-0.15, -0.1) is 0 Å². The first-order valence-corrected chi connectivity index (χ1v) is 13.2. The quantitative estimate of drug-likeness (QED) is 0.564. The molecule has 4 heterocycles. The molecule has 2 fully saturated rings. The fourth-order valence-electron chi connectivity index (χ4n) is 4.70. The second-order valence-electron chi connectivity index (χ2n) is 9.51. The van der Waals surface area contributed by atoms with Gasteiger partial charge in [0.25, 0.3) is 0 Å². The van der Waals surface area contributed by atoms with Gasteiger partial charge in [0.1, 0.15) is 11.6 Å². The molecule has 2 saturated heterocycles. The normalized spacial score (nSPS) is 18.1. The molecule has 3 aromatic rings. The lowest BCUT2D eigenvalue weighted by Gasteiger charge is -2.35. The van der Waals surface area contributed by atoms with Gasteiger partial charge in [0, 0.05) is 63.1 Å². The fourth-order valence-corrected chi connectivity index (χ4v) is 5.53. The molecule has 1 N–H and O–H groups in total. The zero-order valence-electron chi connectivity index (χ0n) is 20.5. The molecule has 0 unspecified atom stereocenters. The third-order valence-electron chi connectivity index (χ3n) is 6.84. The third-order valence-corrected chi connectivity index (χ3v) is 7.80. The maximum atomic E-state index is 12.8. The topological polar surface area (TPSA) is 77.5 Å². The molecule has 2 aliphatic rings. The van der Waals surface area contributed by atoms with Crippen molar-refractivity contribution >= 4 is 28.2 Å². The van der Waals surface area contributed by atoms with E-state index in [2.05, 4.69) is 39.3 Å². The van der Waals surface area contributed by atoms with Crippen LogP contribution in [0.25, 0.3) is 10.4 Å². The van der Waals surface area contributed by atoms with E-state index in [1.54, 1.807) is 11.3 Å². The van der Waals surface area contributed by atoms with E-state index >= 15 is 0 Å². The molecule has 1 amide bonds. The second kappa shape index (κ2) is 10.8. The summed E-state index contributed by atoms with van der Waals surface area (Å²) < 4.78 is 0. The van der Waals surface area contributed by atoms with Crippen LogP contribution in [0, 0.1) is 6.92 Å². The van der Waals surface area contributed by atoms with Gasteiger partial charge in [0.05, 0.1) is 11.4 Å². The number of aryl methyl sites for hydroxylation is 1. The van der Waals surface area contributed by atoms with Crippen LogP contribution in [-0.2, 0) is 4.79 Å². The van der Waals surface area contributed by atoms with Gasteiger partial charge >= 0.3 is 0 Å². The molecule has 2 aliphatic heterocycles. The highest BCUT2D eigenvalue weighted by Gasteiger charge is 2.27. The number of likely N-dealkylation sites (tertiary alicyclic amines) is 1. The smallest absolute Gasteiger partial charge is 0.236 e. The molecule has 0 atom stereocenters. The maximum absolute atomic E-state index is 12.8. The summed E-state index contributed by atoms with van der Waals surface area (Å²) in [5.41, 5.74) is 2.09. The van der Waals surface area contributed by atoms with Crippen LogP contribution in [0.2, 0.25) is 0 Å². The van der Waals surface area contributed by atoms with Crippen molar-refractivity contribution in [2.75, 3.05) is 58.2 Å². The Balaban J connectivity index is 1.18. The minimum Gasteiger partial charge on any atom is -0.342 e. The van der Waals surface area contributed by atoms with Gasteiger partial charge in [-0.25, -0.2) is 15.0 Å². The summed E-state index contributed by atoms with van der Waals surface area (Å²) in [5.74, 6) is 2.14. The van der Waals surface area contributed by atoms with Crippen molar-refractivity contribution in [3.05, 3.63) is 54.1 Å². The number of nitrogens with one attached hydrogen (secondary N) is 1. The van der Waals surface area contributed by atoms with Crippen LogP contribution in [0.4, 0.5) is 10.9 Å².